The first-order valence-corrected chi connectivity index (χ1v) is 6.00. The summed E-state index contributed by atoms with van der Waals surface area (Å²) in [5.41, 5.74) is 1.32. The van der Waals surface area contributed by atoms with E-state index in [-0.39, 0.29) is 0 Å². The molecule has 0 spiro atoms. The SMILES string of the molecule is CCC(NC)c1ccc(Cl)c2ccccc12. The van der Waals surface area contributed by atoms with Gasteiger partial charge in [0.2, 0.25) is 0 Å². The normalized spacial score (nSPS) is 12.9. The van der Waals surface area contributed by atoms with Gasteiger partial charge in [-0.05, 0) is 30.5 Å². The zero-order valence-electron chi connectivity index (χ0n) is 9.63. The molecule has 0 amide bonds. The van der Waals surface area contributed by atoms with Crippen molar-refractivity contribution in [1.82, 2.24) is 5.32 Å². The maximum atomic E-state index is 6.20. The quantitative estimate of drug-likeness (QED) is 0.839. The van der Waals surface area contributed by atoms with Crippen LogP contribution in [0.3, 0.4) is 0 Å². The minimum absolute atomic E-state index is 0.391. The van der Waals surface area contributed by atoms with Crippen molar-refractivity contribution < 1.29 is 0 Å². The van der Waals surface area contributed by atoms with E-state index in [9.17, 15) is 0 Å². The van der Waals surface area contributed by atoms with E-state index in [2.05, 4.69) is 36.5 Å². The summed E-state index contributed by atoms with van der Waals surface area (Å²) in [6.45, 7) is 2.19. The topological polar surface area (TPSA) is 12.0 Å². The Morgan fingerprint density at radius 3 is 2.44 bits per heavy atom. The van der Waals surface area contributed by atoms with E-state index >= 15 is 0 Å². The highest BCUT2D eigenvalue weighted by Crippen LogP contribution is 2.30. The third-order valence-electron chi connectivity index (χ3n) is 3.04. The molecule has 84 valence electrons. The molecule has 0 bridgehead atoms. The highest BCUT2D eigenvalue weighted by Gasteiger charge is 2.11. The lowest BCUT2D eigenvalue weighted by Crippen LogP contribution is -2.15. The first kappa shape index (κ1) is 11.4. The van der Waals surface area contributed by atoms with Crippen LogP contribution in [0, 0.1) is 0 Å². The van der Waals surface area contributed by atoms with Crippen molar-refractivity contribution in [3.05, 3.63) is 47.0 Å². The lowest BCUT2D eigenvalue weighted by atomic mass is 9.97. The molecule has 0 aliphatic heterocycles. The number of rotatable bonds is 3. The van der Waals surface area contributed by atoms with Crippen molar-refractivity contribution in [2.45, 2.75) is 19.4 Å². The van der Waals surface area contributed by atoms with Gasteiger partial charge in [0.15, 0.2) is 0 Å². The van der Waals surface area contributed by atoms with Gasteiger partial charge in [-0.15, -0.1) is 0 Å². The van der Waals surface area contributed by atoms with E-state index in [1.54, 1.807) is 0 Å². The third-order valence-corrected chi connectivity index (χ3v) is 3.37. The van der Waals surface area contributed by atoms with Gasteiger partial charge in [-0.2, -0.15) is 0 Å². The number of hydrogen-bond acceptors (Lipinski definition) is 1. The Morgan fingerprint density at radius 2 is 1.81 bits per heavy atom. The molecule has 2 rings (SSSR count). The average molecular weight is 234 g/mol. The first-order valence-electron chi connectivity index (χ1n) is 5.62. The number of benzene rings is 2. The Kier molecular flexibility index (Phi) is 3.47. The summed E-state index contributed by atoms with van der Waals surface area (Å²) in [5.74, 6) is 0. The third kappa shape index (κ3) is 1.93. The van der Waals surface area contributed by atoms with Crippen LogP contribution < -0.4 is 5.32 Å². The van der Waals surface area contributed by atoms with Crippen molar-refractivity contribution >= 4 is 22.4 Å². The van der Waals surface area contributed by atoms with Crippen LogP contribution >= 0.6 is 11.6 Å². The zero-order chi connectivity index (χ0) is 11.5. The van der Waals surface area contributed by atoms with Crippen molar-refractivity contribution in [2.75, 3.05) is 7.05 Å². The van der Waals surface area contributed by atoms with Crippen molar-refractivity contribution in [2.24, 2.45) is 0 Å². The number of halogens is 1. The molecule has 2 aromatic rings. The predicted octanol–water partition coefficient (Wildman–Crippen LogP) is 4.16. The van der Waals surface area contributed by atoms with Gasteiger partial charge >= 0.3 is 0 Å². The number of nitrogens with one attached hydrogen (secondary N) is 1. The molecule has 0 aliphatic carbocycles. The Morgan fingerprint density at radius 1 is 1.12 bits per heavy atom. The van der Waals surface area contributed by atoms with E-state index in [1.807, 2.05) is 19.2 Å². The maximum absolute atomic E-state index is 6.20. The van der Waals surface area contributed by atoms with Gasteiger partial charge in [-0.1, -0.05) is 48.9 Å². The van der Waals surface area contributed by atoms with Crippen LogP contribution in [0.2, 0.25) is 5.02 Å². The largest absolute Gasteiger partial charge is 0.313 e. The van der Waals surface area contributed by atoms with E-state index in [0.717, 1.165) is 16.8 Å². The van der Waals surface area contributed by atoms with Gasteiger partial charge in [0, 0.05) is 16.5 Å². The molecule has 0 aliphatic rings. The van der Waals surface area contributed by atoms with Crippen molar-refractivity contribution in [3.63, 3.8) is 0 Å². The van der Waals surface area contributed by atoms with Gasteiger partial charge in [-0.25, -0.2) is 0 Å². The van der Waals surface area contributed by atoms with E-state index in [0.29, 0.717) is 6.04 Å². The molecule has 0 saturated heterocycles. The maximum Gasteiger partial charge on any atom is 0.0484 e. The Labute approximate surface area is 101 Å². The summed E-state index contributed by atoms with van der Waals surface area (Å²) in [5, 5.41) is 6.54. The Bertz CT molecular complexity index is 489. The molecule has 1 N–H and O–H groups in total. The minimum atomic E-state index is 0.391. The molecular formula is C14H16ClN. The fourth-order valence-corrected chi connectivity index (χ4v) is 2.40. The Balaban J connectivity index is 2.66. The van der Waals surface area contributed by atoms with E-state index in [1.165, 1.54) is 10.9 Å². The zero-order valence-corrected chi connectivity index (χ0v) is 10.4. The summed E-state index contributed by atoms with van der Waals surface area (Å²) in [4.78, 5) is 0. The molecule has 0 saturated carbocycles. The predicted molar refractivity (Wildman–Crippen MR) is 71.0 cm³/mol. The molecule has 2 aromatic carbocycles. The van der Waals surface area contributed by atoms with Crippen LogP contribution in [0.4, 0.5) is 0 Å². The second-order valence-corrected chi connectivity index (χ2v) is 4.34. The second-order valence-electron chi connectivity index (χ2n) is 3.93. The highest BCUT2D eigenvalue weighted by molar-refractivity contribution is 6.35. The van der Waals surface area contributed by atoms with Crippen LogP contribution in [-0.2, 0) is 0 Å². The lowest BCUT2D eigenvalue weighted by Gasteiger charge is -2.17. The summed E-state index contributed by atoms with van der Waals surface area (Å²) < 4.78 is 0. The first-order chi connectivity index (χ1) is 7.77. The molecule has 0 fully saturated rings. The monoisotopic (exact) mass is 233 g/mol. The smallest absolute Gasteiger partial charge is 0.0484 e. The van der Waals surface area contributed by atoms with Crippen LogP contribution in [0.15, 0.2) is 36.4 Å². The fourth-order valence-electron chi connectivity index (χ4n) is 2.17. The van der Waals surface area contributed by atoms with Crippen LogP contribution in [0.1, 0.15) is 24.9 Å². The molecule has 16 heavy (non-hydrogen) atoms. The van der Waals surface area contributed by atoms with E-state index in [4.69, 9.17) is 11.6 Å². The molecular weight excluding hydrogens is 218 g/mol. The molecule has 1 nitrogen and oxygen atoms in total. The van der Waals surface area contributed by atoms with Gasteiger partial charge in [0.1, 0.15) is 0 Å². The Hall–Kier alpha value is -1.05. The minimum Gasteiger partial charge on any atom is -0.313 e. The van der Waals surface area contributed by atoms with Crippen molar-refractivity contribution in [3.8, 4) is 0 Å². The standard InChI is InChI=1S/C14H16ClN/c1-3-14(16-2)12-8-9-13(15)11-7-5-4-6-10(11)12/h4-9,14,16H,3H2,1-2H3. The van der Waals surface area contributed by atoms with E-state index < -0.39 is 0 Å². The summed E-state index contributed by atoms with van der Waals surface area (Å²) in [6, 6.07) is 12.8. The molecule has 1 unspecified atom stereocenters. The van der Waals surface area contributed by atoms with Crippen LogP contribution in [0.5, 0.6) is 0 Å². The summed E-state index contributed by atoms with van der Waals surface area (Å²) in [7, 11) is 2.00. The fraction of sp³-hybridized carbons (Fsp3) is 0.286. The second kappa shape index (κ2) is 4.86. The average Bonchev–Trinajstić information content (AvgIpc) is 2.34. The van der Waals surface area contributed by atoms with Crippen molar-refractivity contribution in [1.29, 1.82) is 0 Å². The van der Waals surface area contributed by atoms with Crippen LogP contribution in [-0.4, -0.2) is 7.05 Å². The summed E-state index contributed by atoms with van der Waals surface area (Å²) >= 11 is 6.20. The van der Waals surface area contributed by atoms with Gasteiger partial charge in [-0.3, -0.25) is 0 Å². The molecule has 0 heterocycles. The van der Waals surface area contributed by atoms with Gasteiger partial charge in [0.25, 0.3) is 0 Å². The molecule has 1 atom stereocenters. The molecule has 0 radical (unpaired) electrons. The number of hydrogen-bond donors (Lipinski definition) is 1. The summed E-state index contributed by atoms with van der Waals surface area (Å²) in [6.07, 6.45) is 1.07. The lowest BCUT2D eigenvalue weighted by molar-refractivity contribution is 0.581. The van der Waals surface area contributed by atoms with Crippen LogP contribution in [0.25, 0.3) is 10.8 Å². The van der Waals surface area contributed by atoms with Gasteiger partial charge in [0.05, 0.1) is 0 Å². The molecule has 0 aromatic heterocycles. The van der Waals surface area contributed by atoms with Gasteiger partial charge < -0.3 is 5.32 Å². The highest BCUT2D eigenvalue weighted by atomic mass is 35.5. The number of fused-ring (bicyclic) bond motifs is 1. The molecule has 2 heteroatoms.